The molecule has 0 atom stereocenters. The average molecular weight is 284 g/mol. The molecule has 0 aromatic rings. The van der Waals surface area contributed by atoms with Crippen molar-refractivity contribution < 1.29 is 9.47 Å². The molecule has 4 heteroatoms. The van der Waals surface area contributed by atoms with E-state index >= 15 is 0 Å². The minimum absolute atomic E-state index is 0.470. The summed E-state index contributed by atoms with van der Waals surface area (Å²) in [5, 5.41) is 3.62. The SMILES string of the molecule is COCCNCC1(CN2CCOCC2)CCC(C)CC1. The first-order chi connectivity index (χ1) is 9.74. The molecule has 4 nitrogen and oxygen atoms in total. The van der Waals surface area contributed by atoms with Gasteiger partial charge in [0.2, 0.25) is 0 Å². The molecule has 0 unspecified atom stereocenters. The van der Waals surface area contributed by atoms with Crippen LogP contribution in [0, 0.1) is 11.3 Å². The maximum atomic E-state index is 5.48. The van der Waals surface area contributed by atoms with Crippen LogP contribution in [0.15, 0.2) is 0 Å². The Bertz CT molecular complexity index is 259. The molecule has 1 N–H and O–H groups in total. The Morgan fingerprint density at radius 3 is 2.60 bits per heavy atom. The Morgan fingerprint density at radius 1 is 1.25 bits per heavy atom. The highest BCUT2D eigenvalue weighted by Crippen LogP contribution is 2.39. The van der Waals surface area contributed by atoms with Crippen molar-refractivity contribution in [2.75, 3.05) is 59.7 Å². The van der Waals surface area contributed by atoms with Crippen molar-refractivity contribution in [2.45, 2.75) is 32.6 Å². The molecule has 1 aliphatic carbocycles. The minimum atomic E-state index is 0.470. The minimum Gasteiger partial charge on any atom is -0.383 e. The summed E-state index contributed by atoms with van der Waals surface area (Å²) in [6.07, 6.45) is 5.50. The lowest BCUT2D eigenvalue weighted by Gasteiger charge is -2.44. The highest BCUT2D eigenvalue weighted by atomic mass is 16.5. The van der Waals surface area contributed by atoms with Crippen LogP contribution in [0.25, 0.3) is 0 Å². The molecule has 2 aliphatic rings. The first-order valence-electron chi connectivity index (χ1n) is 8.24. The number of methoxy groups -OCH3 is 1. The molecule has 0 amide bonds. The van der Waals surface area contributed by atoms with Crippen molar-refractivity contribution in [1.29, 1.82) is 0 Å². The Labute approximate surface area is 124 Å². The van der Waals surface area contributed by atoms with E-state index < -0.39 is 0 Å². The highest BCUT2D eigenvalue weighted by Gasteiger charge is 2.35. The first kappa shape index (κ1) is 16.2. The van der Waals surface area contributed by atoms with Gasteiger partial charge in [-0.15, -0.1) is 0 Å². The fourth-order valence-electron chi connectivity index (χ4n) is 3.53. The second-order valence-corrected chi connectivity index (χ2v) is 6.74. The van der Waals surface area contributed by atoms with Crippen LogP contribution in [-0.4, -0.2) is 64.6 Å². The molecular weight excluding hydrogens is 252 g/mol. The van der Waals surface area contributed by atoms with Gasteiger partial charge in [-0.3, -0.25) is 4.90 Å². The molecule has 1 saturated carbocycles. The topological polar surface area (TPSA) is 33.7 Å². The fraction of sp³-hybridized carbons (Fsp3) is 1.00. The smallest absolute Gasteiger partial charge is 0.0594 e. The van der Waals surface area contributed by atoms with Gasteiger partial charge in [0.25, 0.3) is 0 Å². The van der Waals surface area contributed by atoms with Gasteiger partial charge in [-0.2, -0.15) is 0 Å². The second-order valence-electron chi connectivity index (χ2n) is 6.74. The van der Waals surface area contributed by atoms with Gasteiger partial charge in [-0.05, 0) is 24.2 Å². The van der Waals surface area contributed by atoms with E-state index in [2.05, 4.69) is 17.1 Å². The Kier molecular flexibility index (Phi) is 6.75. The fourth-order valence-corrected chi connectivity index (χ4v) is 3.53. The third-order valence-electron chi connectivity index (χ3n) is 4.98. The predicted molar refractivity (Wildman–Crippen MR) is 82.1 cm³/mol. The van der Waals surface area contributed by atoms with Crippen LogP contribution in [0.3, 0.4) is 0 Å². The largest absolute Gasteiger partial charge is 0.383 e. The van der Waals surface area contributed by atoms with E-state index in [-0.39, 0.29) is 0 Å². The van der Waals surface area contributed by atoms with Crippen molar-refractivity contribution in [1.82, 2.24) is 10.2 Å². The Balaban J connectivity index is 1.85. The van der Waals surface area contributed by atoms with Crippen molar-refractivity contribution in [3.05, 3.63) is 0 Å². The Morgan fingerprint density at radius 2 is 1.95 bits per heavy atom. The van der Waals surface area contributed by atoms with Gasteiger partial charge in [-0.25, -0.2) is 0 Å². The van der Waals surface area contributed by atoms with Gasteiger partial charge in [0, 0.05) is 39.8 Å². The summed E-state index contributed by atoms with van der Waals surface area (Å²) in [5.41, 5.74) is 0.470. The summed E-state index contributed by atoms with van der Waals surface area (Å²) in [7, 11) is 1.77. The molecule has 118 valence electrons. The number of rotatable bonds is 7. The maximum Gasteiger partial charge on any atom is 0.0594 e. The number of morpholine rings is 1. The third-order valence-corrected chi connectivity index (χ3v) is 4.98. The molecule has 0 aromatic heterocycles. The molecule has 0 bridgehead atoms. The van der Waals surface area contributed by atoms with Crippen LogP contribution < -0.4 is 5.32 Å². The van der Waals surface area contributed by atoms with Crippen LogP contribution in [-0.2, 0) is 9.47 Å². The lowest BCUT2D eigenvalue weighted by atomic mass is 9.70. The van der Waals surface area contributed by atoms with Gasteiger partial charge < -0.3 is 14.8 Å². The van der Waals surface area contributed by atoms with Crippen molar-refractivity contribution >= 4 is 0 Å². The third kappa shape index (κ3) is 4.99. The number of nitrogens with one attached hydrogen (secondary N) is 1. The lowest BCUT2D eigenvalue weighted by molar-refractivity contribution is 0.00356. The molecule has 0 spiro atoms. The van der Waals surface area contributed by atoms with Gasteiger partial charge >= 0.3 is 0 Å². The summed E-state index contributed by atoms with van der Waals surface area (Å²) in [6, 6.07) is 0. The zero-order chi connectivity index (χ0) is 14.3. The van der Waals surface area contributed by atoms with Gasteiger partial charge in [0.15, 0.2) is 0 Å². The summed E-state index contributed by atoms with van der Waals surface area (Å²) < 4.78 is 10.6. The average Bonchev–Trinajstić information content (AvgIpc) is 2.48. The normalized spacial score (nSPS) is 32.4. The molecule has 1 saturated heterocycles. The summed E-state index contributed by atoms with van der Waals surface area (Å²) in [5.74, 6) is 0.909. The van der Waals surface area contributed by atoms with Gasteiger partial charge in [-0.1, -0.05) is 19.8 Å². The van der Waals surface area contributed by atoms with E-state index in [9.17, 15) is 0 Å². The van der Waals surface area contributed by atoms with Crippen LogP contribution in [0.4, 0.5) is 0 Å². The van der Waals surface area contributed by atoms with E-state index in [4.69, 9.17) is 9.47 Å². The molecule has 2 rings (SSSR count). The zero-order valence-electron chi connectivity index (χ0n) is 13.3. The standard InChI is InChI=1S/C16H32N2O2/c1-15-3-5-16(6-4-15,13-17-7-10-19-2)14-18-8-11-20-12-9-18/h15,17H,3-14H2,1-2H3. The molecule has 20 heavy (non-hydrogen) atoms. The molecule has 2 fully saturated rings. The van der Waals surface area contributed by atoms with Crippen molar-refractivity contribution in [3.63, 3.8) is 0 Å². The van der Waals surface area contributed by atoms with Crippen LogP contribution >= 0.6 is 0 Å². The molecule has 1 heterocycles. The number of nitrogens with zero attached hydrogens (tertiary/aromatic N) is 1. The molecule has 0 aromatic carbocycles. The van der Waals surface area contributed by atoms with Crippen LogP contribution in [0.5, 0.6) is 0 Å². The summed E-state index contributed by atoms with van der Waals surface area (Å²) in [6.45, 7) is 10.6. The van der Waals surface area contributed by atoms with E-state index in [1.165, 1.54) is 32.2 Å². The van der Waals surface area contributed by atoms with Gasteiger partial charge in [0.05, 0.1) is 19.8 Å². The summed E-state index contributed by atoms with van der Waals surface area (Å²) in [4.78, 5) is 2.61. The second kappa shape index (κ2) is 8.32. The zero-order valence-corrected chi connectivity index (χ0v) is 13.3. The van der Waals surface area contributed by atoms with E-state index in [1.807, 2.05) is 0 Å². The number of hydrogen-bond acceptors (Lipinski definition) is 4. The Hall–Kier alpha value is -0.160. The lowest BCUT2D eigenvalue weighted by Crippen LogP contribution is -2.49. The van der Waals surface area contributed by atoms with Crippen LogP contribution in [0.2, 0.25) is 0 Å². The monoisotopic (exact) mass is 284 g/mol. The first-order valence-corrected chi connectivity index (χ1v) is 8.24. The van der Waals surface area contributed by atoms with Gasteiger partial charge in [0.1, 0.15) is 0 Å². The quantitative estimate of drug-likeness (QED) is 0.722. The molecule has 0 radical (unpaired) electrons. The highest BCUT2D eigenvalue weighted by molar-refractivity contribution is 4.89. The van der Waals surface area contributed by atoms with Crippen LogP contribution in [0.1, 0.15) is 32.6 Å². The van der Waals surface area contributed by atoms with E-state index in [1.54, 1.807) is 7.11 Å². The van der Waals surface area contributed by atoms with Crippen molar-refractivity contribution in [2.24, 2.45) is 11.3 Å². The predicted octanol–water partition coefficient (Wildman–Crippen LogP) is 1.75. The molecular formula is C16H32N2O2. The summed E-state index contributed by atoms with van der Waals surface area (Å²) >= 11 is 0. The van der Waals surface area contributed by atoms with Crippen molar-refractivity contribution in [3.8, 4) is 0 Å². The van der Waals surface area contributed by atoms with E-state index in [0.29, 0.717) is 5.41 Å². The molecule has 1 aliphatic heterocycles. The maximum absolute atomic E-state index is 5.48. The van der Waals surface area contributed by atoms with E-state index in [0.717, 1.165) is 51.9 Å². The number of ether oxygens (including phenoxy) is 2. The number of hydrogen-bond donors (Lipinski definition) is 1.